The number of aromatic nitrogens is 3. The summed E-state index contributed by atoms with van der Waals surface area (Å²) >= 11 is 13.0. The normalized spacial score (nSPS) is 13.4. The number of nitrogens with one attached hydrogen (secondary N) is 2. The Morgan fingerprint density at radius 1 is 1.24 bits per heavy atom. The summed E-state index contributed by atoms with van der Waals surface area (Å²) in [5.41, 5.74) is 3.45. The number of amides is 2. The number of rotatable bonds is 6. The number of ether oxygens (including phenoxy) is 2. The van der Waals surface area contributed by atoms with Gasteiger partial charge in [-0.3, -0.25) is 14.3 Å². The number of hydrogen-bond acceptors (Lipinski definition) is 6. The maximum absolute atomic E-state index is 12.6. The first kappa shape index (κ1) is 26.8. The van der Waals surface area contributed by atoms with Crippen LogP contribution in [-0.4, -0.2) is 62.9 Å². The Balaban J connectivity index is 1.58. The molecular formula is C25H29Cl2N5O5. The fourth-order valence-electron chi connectivity index (χ4n) is 4.22. The van der Waals surface area contributed by atoms with Crippen LogP contribution in [0, 0.1) is 0 Å². The lowest BCUT2D eigenvalue weighted by atomic mass is 9.99. The first-order chi connectivity index (χ1) is 17.4. The molecule has 0 atom stereocenters. The van der Waals surface area contributed by atoms with Crippen molar-refractivity contribution < 1.29 is 23.9 Å². The van der Waals surface area contributed by atoms with Crippen molar-refractivity contribution in [1.82, 2.24) is 25.0 Å². The first-order valence-corrected chi connectivity index (χ1v) is 12.6. The van der Waals surface area contributed by atoms with Crippen molar-refractivity contribution >= 4 is 52.1 Å². The standard InChI is InChI=1S/C25H29Cl2N5O5/c1-14(33)36-13-20(34)31-8-5-18-16(12-31)21-15(11-17(26)22(27)23(21)29-18)19-6-9-32(30-19)10-7-28-24(35)37-25(2,3)4/h6,9,11,29H,5,7-8,10,12-13H2,1-4H3,(H,28,35). The Morgan fingerprint density at radius 2 is 2.00 bits per heavy atom. The molecule has 0 aliphatic carbocycles. The predicted octanol–water partition coefficient (Wildman–Crippen LogP) is 4.31. The van der Waals surface area contributed by atoms with Crippen molar-refractivity contribution in [3.8, 4) is 11.3 Å². The second kappa shape index (κ2) is 10.6. The van der Waals surface area contributed by atoms with Crippen molar-refractivity contribution in [3.05, 3.63) is 39.6 Å². The molecule has 0 spiro atoms. The summed E-state index contributed by atoms with van der Waals surface area (Å²) in [7, 11) is 0. The van der Waals surface area contributed by atoms with E-state index in [0.29, 0.717) is 53.9 Å². The highest BCUT2D eigenvalue weighted by molar-refractivity contribution is 6.45. The second-order valence-corrected chi connectivity index (χ2v) is 10.6. The van der Waals surface area contributed by atoms with Gasteiger partial charge >= 0.3 is 12.1 Å². The van der Waals surface area contributed by atoms with E-state index >= 15 is 0 Å². The first-order valence-electron chi connectivity index (χ1n) is 11.9. The van der Waals surface area contributed by atoms with Crippen LogP contribution < -0.4 is 5.32 Å². The average Bonchev–Trinajstić information content (AvgIpc) is 3.43. The highest BCUT2D eigenvalue weighted by atomic mass is 35.5. The number of carbonyl (C=O) groups is 3. The van der Waals surface area contributed by atoms with Crippen LogP contribution in [-0.2, 0) is 38.6 Å². The van der Waals surface area contributed by atoms with Gasteiger partial charge in [-0.1, -0.05) is 23.2 Å². The zero-order chi connectivity index (χ0) is 26.9. The van der Waals surface area contributed by atoms with E-state index in [0.717, 1.165) is 22.2 Å². The van der Waals surface area contributed by atoms with E-state index in [2.05, 4.69) is 15.4 Å². The van der Waals surface area contributed by atoms with Crippen molar-refractivity contribution in [3.63, 3.8) is 0 Å². The highest BCUT2D eigenvalue weighted by Crippen LogP contribution is 2.41. The van der Waals surface area contributed by atoms with Gasteiger partial charge in [-0.05, 0) is 32.9 Å². The van der Waals surface area contributed by atoms with E-state index in [1.165, 1.54) is 6.92 Å². The Bertz CT molecular complexity index is 1360. The third-order valence-corrected chi connectivity index (χ3v) is 6.61. The quantitative estimate of drug-likeness (QED) is 0.442. The molecule has 0 saturated carbocycles. The lowest BCUT2D eigenvalue weighted by Gasteiger charge is -2.27. The van der Waals surface area contributed by atoms with E-state index in [1.807, 2.05) is 12.3 Å². The molecule has 0 saturated heterocycles. The van der Waals surface area contributed by atoms with Gasteiger partial charge < -0.3 is 24.7 Å². The number of carbonyl (C=O) groups excluding carboxylic acids is 3. The van der Waals surface area contributed by atoms with Crippen LogP contribution in [0.25, 0.3) is 22.2 Å². The number of aromatic amines is 1. The zero-order valence-corrected chi connectivity index (χ0v) is 22.6. The van der Waals surface area contributed by atoms with E-state index in [9.17, 15) is 14.4 Å². The van der Waals surface area contributed by atoms with Crippen molar-refractivity contribution in [2.75, 3.05) is 19.7 Å². The van der Waals surface area contributed by atoms with Crippen LogP contribution in [0.5, 0.6) is 0 Å². The maximum atomic E-state index is 12.6. The molecule has 1 aliphatic rings. The lowest BCUT2D eigenvalue weighted by Crippen LogP contribution is -2.38. The average molecular weight is 550 g/mol. The van der Waals surface area contributed by atoms with Gasteiger partial charge in [0.25, 0.3) is 5.91 Å². The number of halogens is 2. The summed E-state index contributed by atoms with van der Waals surface area (Å²) in [5.74, 6) is -0.766. The molecule has 0 radical (unpaired) electrons. The molecule has 0 fully saturated rings. The molecule has 2 N–H and O–H groups in total. The predicted molar refractivity (Wildman–Crippen MR) is 140 cm³/mol. The van der Waals surface area contributed by atoms with Crippen LogP contribution in [0.4, 0.5) is 4.79 Å². The van der Waals surface area contributed by atoms with E-state index in [-0.39, 0.29) is 12.5 Å². The Labute approximate surface area is 224 Å². The molecule has 0 unspecified atom stereocenters. The molecule has 1 aliphatic heterocycles. The molecule has 12 heteroatoms. The number of H-pyrrole nitrogens is 1. The minimum Gasteiger partial charge on any atom is -0.456 e. The summed E-state index contributed by atoms with van der Waals surface area (Å²) in [6.45, 7) is 7.98. The Hall–Kier alpha value is -3.24. The summed E-state index contributed by atoms with van der Waals surface area (Å²) in [6.07, 6.45) is 1.92. The third-order valence-electron chi connectivity index (χ3n) is 5.82. The molecular weight excluding hydrogens is 521 g/mol. The summed E-state index contributed by atoms with van der Waals surface area (Å²) in [6, 6.07) is 3.63. The second-order valence-electron chi connectivity index (χ2n) is 9.79. The smallest absolute Gasteiger partial charge is 0.407 e. The molecule has 4 rings (SSSR count). The third kappa shape index (κ3) is 6.19. The van der Waals surface area contributed by atoms with Crippen LogP contribution in [0.15, 0.2) is 18.3 Å². The maximum Gasteiger partial charge on any atom is 0.407 e. The van der Waals surface area contributed by atoms with E-state index < -0.39 is 17.7 Å². The summed E-state index contributed by atoms with van der Waals surface area (Å²) in [5, 5.41) is 9.01. The molecule has 1 aromatic carbocycles. The number of hydrogen-bond donors (Lipinski definition) is 2. The largest absolute Gasteiger partial charge is 0.456 e. The molecule has 3 heterocycles. The number of esters is 1. The molecule has 2 amide bonds. The van der Waals surface area contributed by atoms with Crippen molar-refractivity contribution in [1.29, 1.82) is 0 Å². The zero-order valence-electron chi connectivity index (χ0n) is 21.1. The fraction of sp³-hybridized carbons (Fsp3) is 0.440. The number of benzene rings is 1. The summed E-state index contributed by atoms with van der Waals surface area (Å²) in [4.78, 5) is 40.7. The Morgan fingerprint density at radius 3 is 2.70 bits per heavy atom. The topological polar surface area (TPSA) is 119 Å². The molecule has 2 aromatic heterocycles. The van der Waals surface area contributed by atoms with Gasteiger partial charge in [-0.2, -0.15) is 5.10 Å². The van der Waals surface area contributed by atoms with Crippen LogP contribution in [0.3, 0.4) is 0 Å². The van der Waals surface area contributed by atoms with Gasteiger partial charge in [-0.25, -0.2) is 4.79 Å². The molecule has 0 bridgehead atoms. The van der Waals surface area contributed by atoms with Gasteiger partial charge in [0.05, 0.1) is 27.8 Å². The highest BCUT2D eigenvalue weighted by Gasteiger charge is 2.28. The molecule has 3 aromatic rings. The van der Waals surface area contributed by atoms with Gasteiger partial charge in [0.2, 0.25) is 0 Å². The van der Waals surface area contributed by atoms with Gasteiger partial charge in [0.15, 0.2) is 6.61 Å². The van der Waals surface area contributed by atoms with Crippen molar-refractivity contribution in [2.24, 2.45) is 0 Å². The molecule has 10 nitrogen and oxygen atoms in total. The molecule has 198 valence electrons. The van der Waals surface area contributed by atoms with Crippen molar-refractivity contribution in [2.45, 2.75) is 52.8 Å². The number of alkyl carbamates (subject to hydrolysis) is 1. The van der Waals surface area contributed by atoms with Crippen LogP contribution in [0.1, 0.15) is 39.0 Å². The number of nitrogens with zero attached hydrogens (tertiary/aromatic N) is 3. The minimum atomic E-state index is -0.571. The van der Waals surface area contributed by atoms with Crippen LogP contribution in [0.2, 0.25) is 10.0 Å². The van der Waals surface area contributed by atoms with Gasteiger partial charge in [-0.15, -0.1) is 0 Å². The SMILES string of the molecule is CC(=O)OCC(=O)N1CCc2[nH]c3c(Cl)c(Cl)cc(-c4ccn(CCNC(=O)OC(C)(C)C)n4)c3c2C1. The minimum absolute atomic E-state index is 0.265. The van der Waals surface area contributed by atoms with Gasteiger partial charge in [0, 0.05) is 61.4 Å². The lowest BCUT2D eigenvalue weighted by molar-refractivity contribution is -0.150. The number of fused-ring (bicyclic) bond motifs is 3. The Kier molecular flexibility index (Phi) is 7.70. The molecule has 37 heavy (non-hydrogen) atoms. The van der Waals surface area contributed by atoms with E-state index in [4.69, 9.17) is 32.7 Å². The van der Waals surface area contributed by atoms with Crippen LogP contribution >= 0.6 is 23.2 Å². The van der Waals surface area contributed by atoms with E-state index in [1.54, 1.807) is 36.4 Å². The van der Waals surface area contributed by atoms with Gasteiger partial charge in [0.1, 0.15) is 5.60 Å². The fourth-order valence-corrected chi connectivity index (χ4v) is 4.62. The monoisotopic (exact) mass is 549 g/mol. The summed E-state index contributed by atoms with van der Waals surface area (Å²) < 4.78 is 11.9.